The highest BCUT2D eigenvalue weighted by atomic mass is 35.5. The molecule has 1 heterocycles. The first-order valence-corrected chi connectivity index (χ1v) is 11.2. The Hall–Kier alpha value is -3.52. The van der Waals surface area contributed by atoms with E-state index in [1.165, 1.54) is 5.01 Å². The summed E-state index contributed by atoms with van der Waals surface area (Å²) in [4.78, 5) is 33.0. The van der Waals surface area contributed by atoms with Crippen molar-refractivity contribution in [2.45, 2.75) is 32.2 Å². The summed E-state index contributed by atoms with van der Waals surface area (Å²) in [6.07, 6.45) is 3.11. The van der Waals surface area contributed by atoms with Gasteiger partial charge >= 0.3 is 12.2 Å². The molecule has 172 valence electrons. The fourth-order valence-electron chi connectivity index (χ4n) is 4.07. The molecule has 3 aromatic rings. The highest BCUT2D eigenvalue weighted by molar-refractivity contribution is 6.33. The van der Waals surface area contributed by atoms with Gasteiger partial charge in [-0.2, -0.15) is 0 Å². The van der Waals surface area contributed by atoms with Gasteiger partial charge in [0.25, 0.3) is 0 Å². The van der Waals surface area contributed by atoms with Crippen LogP contribution < -0.4 is 5.43 Å². The number of imidazole rings is 1. The second-order valence-electron chi connectivity index (χ2n) is 7.46. The normalized spacial score (nSPS) is 17.2. The molecule has 9 heteroatoms. The number of hydrazine groups is 1. The first-order chi connectivity index (χ1) is 16.0. The number of para-hydroxylation sites is 2. The van der Waals surface area contributed by atoms with Crippen LogP contribution in [-0.2, 0) is 9.47 Å². The lowest BCUT2D eigenvalue weighted by Crippen LogP contribution is -2.53. The molecule has 2 aromatic carbocycles. The number of carbonyl (C=O) groups is 2. The molecule has 0 radical (unpaired) electrons. The van der Waals surface area contributed by atoms with Crippen molar-refractivity contribution in [3.05, 3.63) is 65.2 Å². The first kappa shape index (κ1) is 22.7. The zero-order valence-electron chi connectivity index (χ0n) is 18.4. The van der Waals surface area contributed by atoms with Crippen LogP contribution in [0, 0.1) is 0 Å². The standard InChI is InChI=1S/C24H25ClN4O4/c1-3-32-23(30)28-29(24(31)33-4-2)20-14-8-9-15(20)16-10-7-11-17(25)21(16)22-26-18-12-5-6-13-19(18)27-22/h5-13,15,20H,3-4,14H2,1-2H3,(H,26,27)(H,28,30)/t15-,20+/m0/s1. The average Bonchev–Trinajstić information content (AvgIpc) is 3.44. The number of aromatic nitrogens is 2. The molecule has 0 saturated carbocycles. The average molecular weight is 469 g/mol. The Morgan fingerprint density at radius 3 is 2.70 bits per heavy atom. The molecular weight excluding hydrogens is 444 g/mol. The van der Waals surface area contributed by atoms with Gasteiger partial charge in [-0.1, -0.05) is 48.0 Å². The molecule has 1 aliphatic carbocycles. The lowest BCUT2D eigenvalue weighted by molar-refractivity contribution is 0.0541. The monoisotopic (exact) mass is 468 g/mol. The fourth-order valence-corrected chi connectivity index (χ4v) is 4.35. The van der Waals surface area contributed by atoms with Crippen LogP contribution in [0.1, 0.15) is 31.7 Å². The van der Waals surface area contributed by atoms with E-state index in [0.29, 0.717) is 17.3 Å². The van der Waals surface area contributed by atoms with Crippen LogP contribution in [0.2, 0.25) is 5.02 Å². The summed E-state index contributed by atoms with van der Waals surface area (Å²) in [6.45, 7) is 3.76. The third kappa shape index (κ3) is 4.66. The summed E-state index contributed by atoms with van der Waals surface area (Å²) in [6, 6.07) is 12.9. The number of hydrogen-bond acceptors (Lipinski definition) is 5. The number of aromatic amines is 1. The van der Waals surface area contributed by atoms with Crippen LogP contribution in [-0.4, -0.2) is 46.4 Å². The molecule has 0 unspecified atom stereocenters. The van der Waals surface area contributed by atoms with E-state index in [9.17, 15) is 9.59 Å². The van der Waals surface area contributed by atoms with Crippen LogP contribution in [0.15, 0.2) is 54.6 Å². The van der Waals surface area contributed by atoms with Crippen LogP contribution >= 0.6 is 11.6 Å². The lowest BCUT2D eigenvalue weighted by Gasteiger charge is -2.32. The fraction of sp³-hybridized carbons (Fsp3) is 0.292. The van der Waals surface area contributed by atoms with Gasteiger partial charge in [0.05, 0.1) is 35.3 Å². The number of ether oxygens (including phenoxy) is 2. The number of benzene rings is 2. The van der Waals surface area contributed by atoms with Crippen molar-refractivity contribution in [2.24, 2.45) is 0 Å². The van der Waals surface area contributed by atoms with E-state index in [2.05, 4.69) is 10.4 Å². The van der Waals surface area contributed by atoms with Crippen molar-refractivity contribution in [3.8, 4) is 11.4 Å². The minimum absolute atomic E-state index is 0.173. The highest BCUT2D eigenvalue weighted by Crippen LogP contribution is 2.40. The van der Waals surface area contributed by atoms with Crippen LogP contribution in [0.25, 0.3) is 22.4 Å². The number of nitrogens with one attached hydrogen (secondary N) is 2. The Morgan fingerprint density at radius 1 is 1.15 bits per heavy atom. The van der Waals surface area contributed by atoms with E-state index >= 15 is 0 Å². The zero-order chi connectivity index (χ0) is 23.4. The molecule has 0 fully saturated rings. The molecular formula is C24H25ClN4O4. The van der Waals surface area contributed by atoms with Crippen molar-refractivity contribution in [1.82, 2.24) is 20.4 Å². The van der Waals surface area contributed by atoms with Crippen molar-refractivity contribution < 1.29 is 19.1 Å². The quantitative estimate of drug-likeness (QED) is 0.385. The third-order valence-corrected chi connectivity index (χ3v) is 5.76. The number of nitrogens with zero attached hydrogens (tertiary/aromatic N) is 2. The van der Waals surface area contributed by atoms with Gasteiger partial charge in [-0.05, 0) is 44.0 Å². The maximum absolute atomic E-state index is 12.7. The number of carbonyl (C=O) groups excluding carboxylic acids is 2. The van der Waals surface area contributed by atoms with Crippen LogP contribution in [0.5, 0.6) is 0 Å². The van der Waals surface area contributed by atoms with E-state index < -0.39 is 18.2 Å². The Balaban J connectivity index is 1.74. The summed E-state index contributed by atoms with van der Waals surface area (Å²) >= 11 is 6.66. The van der Waals surface area contributed by atoms with E-state index in [0.717, 1.165) is 22.2 Å². The van der Waals surface area contributed by atoms with Crippen molar-refractivity contribution in [2.75, 3.05) is 13.2 Å². The van der Waals surface area contributed by atoms with E-state index in [1.54, 1.807) is 19.9 Å². The number of hydrogen-bond donors (Lipinski definition) is 2. The highest BCUT2D eigenvalue weighted by Gasteiger charge is 2.37. The summed E-state index contributed by atoms with van der Waals surface area (Å²) < 4.78 is 10.2. The topological polar surface area (TPSA) is 96.6 Å². The Bertz CT molecular complexity index is 1160. The van der Waals surface area contributed by atoms with Crippen LogP contribution in [0.4, 0.5) is 9.59 Å². The van der Waals surface area contributed by atoms with Gasteiger partial charge in [0.2, 0.25) is 0 Å². The zero-order valence-corrected chi connectivity index (χ0v) is 19.1. The van der Waals surface area contributed by atoms with Gasteiger partial charge < -0.3 is 14.5 Å². The van der Waals surface area contributed by atoms with Gasteiger partial charge in [0.15, 0.2) is 0 Å². The van der Waals surface area contributed by atoms with Crippen molar-refractivity contribution in [3.63, 3.8) is 0 Å². The van der Waals surface area contributed by atoms with E-state index in [4.69, 9.17) is 26.1 Å². The number of halogens is 1. The summed E-state index contributed by atoms with van der Waals surface area (Å²) in [5, 5.41) is 1.74. The van der Waals surface area contributed by atoms with Crippen molar-refractivity contribution >= 4 is 34.8 Å². The molecule has 2 atom stereocenters. The largest absolute Gasteiger partial charge is 0.449 e. The number of fused-ring (bicyclic) bond motifs is 1. The van der Waals surface area contributed by atoms with E-state index in [-0.39, 0.29) is 19.1 Å². The molecule has 0 bridgehead atoms. The lowest BCUT2D eigenvalue weighted by atomic mass is 9.90. The van der Waals surface area contributed by atoms with Crippen molar-refractivity contribution in [1.29, 1.82) is 0 Å². The third-order valence-electron chi connectivity index (χ3n) is 5.45. The van der Waals surface area contributed by atoms with Gasteiger partial charge in [-0.3, -0.25) is 0 Å². The molecule has 2 amide bonds. The molecule has 1 aliphatic rings. The maximum Gasteiger partial charge on any atom is 0.429 e. The second-order valence-corrected chi connectivity index (χ2v) is 7.87. The number of rotatable bonds is 5. The van der Waals surface area contributed by atoms with E-state index in [1.807, 2.05) is 48.6 Å². The predicted molar refractivity (Wildman–Crippen MR) is 126 cm³/mol. The summed E-state index contributed by atoms with van der Waals surface area (Å²) in [5.74, 6) is 0.370. The molecule has 2 N–H and O–H groups in total. The predicted octanol–water partition coefficient (Wildman–Crippen LogP) is 5.42. The Morgan fingerprint density at radius 2 is 1.94 bits per heavy atom. The second kappa shape index (κ2) is 9.95. The summed E-state index contributed by atoms with van der Waals surface area (Å²) in [7, 11) is 0. The van der Waals surface area contributed by atoms with Gasteiger partial charge in [-0.15, -0.1) is 0 Å². The Kier molecular flexibility index (Phi) is 6.84. The minimum Gasteiger partial charge on any atom is -0.449 e. The smallest absolute Gasteiger partial charge is 0.429 e. The first-order valence-electron chi connectivity index (χ1n) is 10.8. The molecule has 1 aromatic heterocycles. The molecule has 0 aliphatic heterocycles. The van der Waals surface area contributed by atoms with Gasteiger partial charge in [0, 0.05) is 11.5 Å². The number of H-pyrrole nitrogens is 1. The maximum atomic E-state index is 12.7. The molecule has 8 nitrogen and oxygen atoms in total. The summed E-state index contributed by atoms with van der Waals surface area (Å²) in [5.41, 5.74) is 5.89. The molecule has 0 spiro atoms. The number of amides is 2. The van der Waals surface area contributed by atoms with Gasteiger partial charge in [0.1, 0.15) is 5.82 Å². The molecule has 33 heavy (non-hydrogen) atoms. The van der Waals surface area contributed by atoms with Gasteiger partial charge in [-0.25, -0.2) is 25.0 Å². The SMILES string of the molecule is CCOC(=O)NN(C(=O)OCC)[C@@H]1CC=C[C@H]1c1cccc(Cl)c1-c1nc2ccccc2[nH]1. The molecule has 4 rings (SSSR count). The van der Waals surface area contributed by atoms with Crippen LogP contribution in [0.3, 0.4) is 0 Å². The Labute approximate surface area is 196 Å². The minimum atomic E-state index is -0.722. The molecule has 0 saturated heterocycles.